The van der Waals surface area contributed by atoms with Crippen LogP contribution < -0.4 is 11.1 Å². The van der Waals surface area contributed by atoms with Crippen LogP contribution in [0.1, 0.15) is 17.2 Å². The molecule has 0 heterocycles. The molecule has 0 aliphatic carbocycles. The van der Waals surface area contributed by atoms with Crippen LogP contribution in [0.2, 0.25) is 5.02 Å². The average molecular weight is 309 g/mol. The fraction of sp³-hybridized carbons (Fsp3) is 0.250. The van der Waals surface area contributed by atoms with Crippen LogP contribution >= 0.6 is 11.6 Å². The molecule has 0 bridgehead atoms. The van der Waals surface area contributed by atoms with Gasteiger partial charge in [-0.05, 0) is 29.3 Å². The first-order valence-corrected chi connectivity index (χ1v) is 7.00. The Morgan fingerprint density at radius 1 is 1.24 bits per heavy atom. The molecule has 2 rings (SSSR count). The van der Waals surface area contributed by atoms with Crippen LogP contribution in [0.25, 0.3) is 0 Å². The van der Waals surface area contributed by atoms with Crippen LogP contribution in [0, 0.1) is 5.82 Å². The number of nitrogens with two attached hydrogens (primary N) is 1. The van der Waals surface area contributed by atoms with Gasteiger partial charge in [-0.2, -0.15) is 0 Å². The fourth-order valence-electron chi connectivity index (χ4n) is 2.13. The summed E-state index contributed by atoms with van der Waals surface area (Å²) in [5.74, 6) is -0.379. The van der Waals surface area contributed by atoms with Gasteiger partial charge in [0.05, 0.1) is 12.6 Å². The minimum atomic E-state index is -0.379. The maximum Gasteiger partial charge on any atom is 0.126 e. The van der Waals surface area contributed by atoms with Crippen LogP contribution in [0.5, 0.6) is 0 Å². The summed E-state index contributed by atoms with van der Waals surface area (Å²) in [6.45, 7) is 0.957. The number of nitrogens with one attached hydrogen (secondary N) is 1. The smallest absolute Gasteiger partial charge is 0.126 e. The first-order valence-electron chi connectivity index (χ1n) is 6.63. The number of methoxy groups -OCH3 is 1. The Morgan fingerprint density at radius 2 is 1.95 bits per heavy atom. The molecule has 0 saturated carbocycles. The summed E-state index contributed by atoms with van der Waals surface area (Å²) in [6.07, 6.45) is 0. The van der Waals surface area contributed by atoms with Gasteiger partial charge in [-0.25, -0.2) is 4.39 Å². The van der Waals surface area contributed by atoms with Crippen molar-refractivity contribution < 1.29 is 9.13 Å². The highest BCUT2D eigenvalue weighted by molar-refractivity contribution is 6.30. The van der Waals surface area contributed by atoms with E-state index in [1.807, 2.05) is 24.3 Å². The Bertz CT molecular complexity index is 569. The van der Waals surface area contributed by atoms with E-state index >= 15 is 0 Å². The minimum absolute atomic E-state index is 0.112. The zero-order valence-electron chi connectivity index (χ0n) is 11.8. The van der Waals surface area contributed by atoms with Gasteiger partial charge >= 0.3 is 0 Å². The zero-order chi connectivity index (χ0) is 15.2. The molecule has 3 N–H and O–H groups in total. The van der Waals surface area contributed by atoms with Crippen molar-refractivity contribution in [1.29, 1.82) is 0 Å². The molecule has 3 nitrogen and oxygen atoms in total. The quantitative estimate of drug-likeness (QED) is 0.854. The van der Waals surface area contributed by atoms with Gasteiger partial charge in [-0.3, -0.25) is 0 Å². The lowest BCUT2D eigenvalue weighted by molar-refractivity contribution is 0.185. The Kier molecular flexibility index (Phi) is 5.56. The van der Waals surface area contributed by atoms with E-state index < -0.39 is 0 Å². The molecule has 0 amide bonds. The highest BCUT2D eigenvalue weighted by Gasteiger charge is 2.10. The Labute approximate surface area is 128 Å². The molecule has 112 valence electrons. The van der Waals surface area contributed by atoms with E-state index in [0.29, 0.717) is 23.9 Å². The van der Waals surface area contributed by atoms with Crippen molar-refractivity contribution in [3.05, 3.63) is 64.4 Å². The molecule has 1 atom stereocenters. The minimum Gasteiger partial charge on any atom is -0.380 e. The lowest BCUT2D eigenvalue weighted by atomic mass is 10.0. The summed E-state index contributed by atoms with van der Waals surface area (Å²) in [5.41, 5.74) is 8.53. The molecule has 1 unspecified atom stereocenters. The van der Waals surface area contributed by atoms with Gasteiger partial charge in [0.1, 0.15) is 5.82 Å². The summed E-state index contributed by atoms with van der Waals surface area (Å²) in [4.78, 5) is 0. The maximum absolute atomic E-state index is 13.4. The first-order chi connectivity index (χ1) is 10.1. The predicted octanol–water partition coefficient (Wildman–Crippen LogP) is 3.74. The molecule has 5 heteroatoms. The van der Waals surface area contributed by atoms with Crippen molar-refractivity contribution in [2.45, 2.75) is 12.6 Å². The molecule has 2 aromatic carbocycles. The number of halogens is 2. The zero-order valence-corrected chi connectivity index (χ0v) is 12.5. The number of hydrogen-bond donors (Lipinski definition) is 2. The molecule has 0 fully saturated rings. The molecule has 0 radical (unpaired) electrons. The maximum atomic E-state index is 13.4. The third-order valence-electron chi connectivity index (χ3n) is 3.13. The second-order valence-corrected chi connectivity index (χ2v) is 5.20. The van der Waals surface area contributed by atoms with Crippen LogP contribution in [-0.4, -0.2) is 13.7 Å². The van der Waals surface area contributed by atoms with Gasteiger partial charge in [-0.1, -0.05) is 35.9 Å². The number of benzene rings is 2. The molecule has 2 aromatic rings. The first kappa shape index (κ1) is 15.8. The number of anilines is 1. The summed E-state index contributed by atoms with van der Waals surface area (Å²) in [7, 11) is 1.66. The van der Waals surface area contributed by atoms with E-state index in [1.165, 1.54) is 12.1 Å². The second kappa shape index (κ2) is 7.41. The Morgan fingerprint density at radius 3 is 2.52 bits per heavy atom. The van der Waals surface area contributed by atoms with Gasteiger partial charge in [0, 0.05) is 24.4 Å². The molecular weight excluding hydrogens is 291 g/mol. The van der Waals surface area contributed by atoms with Crippen LogP contribution in [0.15, 0.2) is 42.5 Å². The Hall–Kier alpha value is -1.62. The molecule has 0 spiro atoms. The van der Waals surface area contributed by atoms with Crippen LogP contribution in [0.4, 0.5) is 10.1 Å². The SMILES string of the molecule is COCc1ccc(C(CN)Nc2cc(F)cc(Cl)c2)cc1. The van der Waals surface area contributed by atoms with E-state index in [0.717, 1.165) is 11.1 Å². The summed E-state index contributed by atoms with van der Waals surface area (Å²) < 4.78 is 18.4. The Balaban J connectivity index is 2.15. The van der Waals surface area contributed by atoms with Gasteiger partial charge in [0.25, 0.3) is 0 Å². The topological polar surface area (TPSA) is 47.3 Å². The van der Waals surface area contributed by atoms with Crippen molar-refractivity contribution in [2.75, 3.05) is 19.0 Å². The van der Waals surface area contributed by atoms with Gasteiger partial charge in [-0.15, -0.1) is 0 Å². The normalized spacial score (nSPS) is 12.2. The van der Waals surface area contributed by atoms with Crippen LogP contribution in [0.3, 0.4) is 0 Å². The number of ether oxygens (including phenoxy) is 1. The van der Waals surface area contributed by atoms with Crippen molar-refractivity contribution in [2.24, 2.45) is 5.73 Å². The van der Waals surface area contributed by atoms with E-state index in [4.69, 9.17) is 22.1 Å². The standard InChI is InChI=1S/C16H18ClFN2O/c1-21-10-11-2-4-12(5-3-11)16(9-19)20-15-7-13(17)6-14(18)8-15/h2-8,16,20H,9-10,19H2,1H3. The fourth-order valence-corrected chi connectivity index (χ4v) is 2.35. The lowest BCUT2D eigenvalue weighted by Crippen LogP contribution is -2.20. The molecule has 0 aromatic heterocycles. The van der Waals surface area contributed by atoms with Crippen molar-refractivity contribution in [3.8, 4) is 0 Å². The summed E-state index contributed by atoms with van der Waals surface area (Å²) in [6, 6.07) is 12.2. The van der Waals surface area contributed by atoms with Gasteiger partial charge in [0.15, 0.2) is 0 Å². The van der Waals surface area contributed by atoms with E-state index in [9.17, 15) is 4.39 Å². The number of rotatable bonds is 6. The third kappa shape index (κ3) is 4.43. The van der Waals surface area contributed by atoms with Gasteiger partial charge < -0.3 is 15.8 Å². The predicted molar refractivity (Wildman–Crippen MR) is 84.0 cm³/mol. The van der Waals surface area contributed by atoms with Gasteiger partial charge in [0.2, 0.25) is 0 Å². The largest absolute Gasteiger partial charge is 0.380 e. The lowest BCUT2D eigenvalue weighted by Gasteiger charge is -2.19. The second-order valence-electron chi connectivity index (χ2n) is 4.77. The molecule has 0 aliphatic heterocycles. The average Bonchev–Trinajstić information content (AvgIpc) is 2.45. The van der Waals surface area contributed by atoms with Crippen LogP contribution in [-0.2, 0) is 11.3 Å². The molecule has 0 saturated heterocycles. The highest BCUT2D eigenvalue weighted by Crippen LogP contribution is 2.23. The van der Waals surface area contributed by atoms with Crippen molar-refractivity contribution >= 4 is 17.3 Å². The van der Waals surface area contributed by atoms with E-state index in [1.54, 1.807) is 13.2 Å². The number of hydrogen-bond acceptors (Lipinski definition) is 3. The summed E-state index contributed by atoms with van der Waals surface area (Å²) in [5, 5.41) is 3.55. The van der Waals surface area contributed by atoms with Crippen molar-refractivity contribution in [3.63, 3.8) is 0 Å². The monoisotopic (exact) mass is 308 g/mol. The summed E-state index contributed by atoms with van der Waals surface area (Å²) >= 11 is 5.85. The highest BCUT2D eigenvalue weighted by atomic mass is 35.5. The molecule has 21 heavy (non-hydrogen) atoms. The van der Waals surface area contributed by atoms with Crippen molar-refractivity contribution in [1.82, 2.24) is 0 Å². The molecule has 0 aliphatic rings. The van der Waals surface area contributed by atoms with E-state index in [2.05, 4.69) is 5.32 Å². The third-order valence-corrected chi connectivity index (χ3v) is 3.35. The molecular formula is C16H18ClFN2O. The van der Waals surface area contributed by atoms with E-state index in [-0.39, 0.29) is 11.9 Å².